The van der Waals surface area contributed by atoms with Gasteiger partial charge in [0.15, 0.2) is 0 Å². The van der Waals surface area contributed by atoms with E-state index in [1.165, 1.54) is 5.56 Å². The van der Waals surface area contributed by atoms with Crippen LogP contribution >= 0.6 is 23.4 Å². The third kappa shape index (κ3) is 3.28. The van der Waals surface area contributed by atoms with E-state index in [2.05, 4.69) is 11.6 Å². The fourth-order valence-electron chi connectivity index (χ4n) is 0.692. The lowest BCUT2D eigenvalue weighted by molar-refractivity contribution is 1.11. The zero-order chi connectivity index (χ0) is 8.97. The summed E-state index contributed by atoms with van der Waals surface area (Å²) in [6, 6.07) is 4.02. The minimum absolute atomic E-state index is 0.655. The number of aromatic nitrogens is 1. The van der Waals surface area contributed by atoms with Gasteiger partial charge in [-0.1, -0.05) is 24.2 Å². The van der Waals surface area contributed by atoms with Crippen LogP contribution in [0.2, 0.25) is 0 Å². The molecule has 0 unspecified atom stereocenters. The summed E-state index contributed by atoms with van der Waals surface area (Å²) in [7, 11) is 0. The number of pyridine rings is 1. The van der Waals surface area contributed by atoms with Crippen LogP contribution < -0.4 is 0 Å². The van der Waals surface area contributed by atoms with Gasteiger partial charge in [-0.3, -0.25) is 0 Å². The van der Waals surface area contributed by atoms with Crippen LogP contribution in [-0.2, 0) is 0 Å². The van der Waals surface area contributed by atoms with Gasteiger partial charge in [0.25, 0.3) is 0 Å². The second-order valence-electron chi connectivity index (χ2n) is 2.48. The van der Waals surface area contributed by atoms with Crippen molar-refractivity contribution < 1.29 is 0 Å². The van der Waals surface area contributed by atoms with E-state index in [0.29, 0.717) is 5.03 Å². The monoisotopic (exact) mass is 199 g/mol. The van der Waals surface area contributed by atoms with E-state index in [9.17, 15) is 0 Å². The van der Waals surface area contributed by atoms with Crippen LogP contribution in [0.1, 0.15) is 5.56 Å². The van der Waals surface area contributed by atoms with Crippen LogP contribution in [0.5, 0.6) is 0 Å². The van der Waals surface area contributed by atoms with Gasteiger partial charge in [-0.05, 0) is 18.6 Å². The van der Waals surface area contributed by atoms with Gasteiger partial charge in [0.05, 0.1) is 5.03 Å². The van der Waals surface area contributed by atoms with E-state index in [1.807, 2.05) is 25.3 Å². The minimum atomic E-state index is 0.655. The number of nitrogens with zero attached hydrogens (tertiary/aromatic N) is 1. The molecule has 0 aliphatic rings. The summed E-state index contributed by atoms with van der Waals surface area (Å²) in [6.07, 6.45) is 1.85. The Morgan fingerprint density at radius 1 is 1.67 bits per heavy atom. The second kappa shape index (κ2) is 4.53. The van der Waals surface area contributed by atoms with Crippen LogP contribution in [0.15, 0.2) is 35.0 Å². The molecule has 0 aromatic carbocycles. The van der Waals surface area contributed by atoms with Crippen molar-refractivity contribution >= 4 is 23.4 Å². The van der Waals surface area contributed by atoms with Crippen molar-refractivity contribution in [3.63, 3.8) is 0 Å². The number of halogens is 1. The van der Waals surface area contributed by atoms with E-state index in [-0.39, 0.29) is 0 Å². The molecular weight excluding hydrogens is 190 g/mol. The molecule has 0 radical (unpaired) electrons. The lowest BCUT2D eigenvalue weighted by atomic mass is 10.3. The Balaban J connectivity index is 2.53. The first-order valence-corrected chi connectivity index (χ1v) is 4.93. The van der Waals surface area contributed by atoms with Crippen LogP contribution in [-0.4, -0.2) is 10.7 Å². The highest BCUT2D eigenvalue weighted by molar-refractivity contribution is 7.99. The fourth-order valence-corrected chi connectivity index (χ4v) is 1.45. The van der Waals surface area contributed by atoms with E-state index in [4.69, 9.17) is 11.6 Å². The van der Waals surface area contributed by atoms with Crippen molar-refractivity contribution in [3.8, 4) is 0 Å². The summed E-state index contributed by atoms with van der Waals surface area (Å²) < 4.78 is 0. The van der Waals surface area contributed by atoms with Crippen molar-refractivity contribution in [2.24, 2.45) is 0 Å². The number of rotatable bonds is 3. The molecule has 0 bridgehead atoms. The van der Waals surface area contributed by atoms with Gasteiger partial charge in [-0.15, -0.1) is 11.8 Å². The molecule has 0 N–H and O–H groups in total. The molecule has 0 fully saturated rings. The Bertz CT molecular complexity index is 268. The summed E-state index contributed by atoms with van der Waals surface area (Å²) in [6.45, 7) is 5.62. The summed E-state index contributed by atoms with van der Waals surface area (Å²) in [5.74, 6) is 0.720. The lowest BCUT2D eigenvalue weighted by Gasteiger charge is -1.98. The fraction of sp³-hybridized carbons (Fsp3) is 0.222. The SMILES string of the molecule is C=C(Cl)CSc1ccc(C)cn1. The molecule has 12 heavy (non-hydrogen) atoms. The van der Waals surface area contributed by atoms with Crippen molar-refractivity contribution in [1.82, 2.24) is 4.98 Å². The van der Waals surface area contributed by atoms with Crippen LogP contribution in [0.4, 0.5) is 0 Å². The third-order valence-corrected chi connectivity index (χ3v) is 2.58. The summed E-state index contributed by atoms with van der Waals surface area (Å²) in [5.41, 5.74) is 1.17. The lowest BCUT2D eigenvalue weighted by Crippen LogP contribution is -1.82. The van der Waals surface area contributed by atoms with Crippen molar-refractivity contribution in [2.45, 2.75) is 11.9 Å². The number of hydrogen-bond donors (Lipinski definition) is 0. The van der Waals surface area contributed by atoms with Gasteiger partial charge < -0.3 is 0 Å². The van der Waals surface area contributed by atoms with E-state index in [0.717, 1.165) is 10.8 Å². The first kappa shape index (κ1) is 9.62. The molecule has 1 aromatic heterocycles. The Morgan fingerprint density at radius 2 is 2.42 bits per heavy atom. The largest absolute Gasteiger partial charge is 0.250 e. The second-order valence-corrected chi connectivity index (χ2v) is 4.01. The quantitative estimate of drug-likeness (QED) is 0.694. The summed E-state index contributed by atoms with van der Waals surface area (Å²) >= 11 is 7.21. The predicted octanol–water partition coefficient (Wildman–Crippen LogP) is 3.23. The van der Waals surface area contributed by atoms with Crippen LogP contribution in [0, 0.1) is 6.92 Å². The number of hydrogen-bond acceptors (Lipinski definition) is 2. The molecular formula is C9H10ClNS. The molecule has 0 atom stereocenters. The highest BCUT2D eigenvalue weighted by atomic mass is 35.5. The molecule has 1 nitrogen and oxygen atoms in total. The van der Waals surface area contributed by atoms with Crippen molar-refractivity contribution in [1.29, 1.82) is 0 Å². The Hall–Kier alpha value is -0.470. The molecule has 1 aromatic rings. The topological polar surface area (TPSA) is 12.9 Å². The molecule has 0 aliphatic carbocycles. The van der Waals surface area contributed by atoms with E-state index < -0.39 is 0 Å². The highest BCUT2D eigenvalue weighted by Crippen LogP contribution is 2.18. The average Bonchev–Trinajstić information content (AvgIpc) is 2.03. The maximum atomic E-state index is 5.62. The summed E-state index contributed by atoms with van der Waals surface area (Å²) in [4.78, 5) is 4.21. The zero-order valence-electron chi connectivity index (χ0n) is 6.88. The molecule has 0 aliphatic heterocycles. The summed E-state index contributed by atoms with van der Waals surface area (Å²) in [5, 5.41) is 1.64. The van der Waals surface area contributed by atoms with E-state index >= 15 is 0 Å². The molecule has 64 valence electrons. The number of thioether (sulfide) groups is 1. The van der Waals surface area contributed by atoms with Crippen molar-refractivity contribution in [3.05, 3.63) is 35.5 Å². The molecule has 0 spiro atoms. The molecule has 3 heteroatoms. The average molecular weight is 200 g/mol. The van der Waals surface area contributed by atoms with Gasteiger partial charge in [0.2, 0.25) is 0 Å². The Morgan fingerprint density at radius 3 is 2.92 bits per heavy atom. The smallest absolute Gasteiger partial charge is 0.0963 e. The van der Waals surface area contributed by atoms with Gasteiger partial charge >= 0.3 is 0 Å². The minimum Gasteiger partial charge on any atom is -0.250 e. The first-order chi connectivity index (χ1) is 5.68. The normalized spacial score (nSPS) is 9.83. The number of aryl methyl sites for hydroxylation is 1. The van der Waals surface area contributed by atoms with Crippen LogP contribution in [0.3, 0.4) is 0 Å². The van der Waals surface area contributed by atoms with E-state index in [1.54, 1.807) is 11.8 Å². The molecule has 1 rings (SSSR count). The van der Waals surface area contributed by atoms with Gasteiger partial charge in [-0.25, -0.2) is 4.98 Å². The first-order valence-electron chi connectivity index (χ1n) is 3.57. The molecule has 1 heterocycles. The predicted molar refractivity (Wildman–Crippen MR) is 54.7 cm³/mol. The third-order valence-electron chi connectivity index (χ3n) is 1.26. The van der Waals surface area contributed by atoms with Gasteiger partial charge in [0, 0.05) is 17.0 Å². The standard InChI is InChI=1S/C9H10ClNS/c1-7-3-4-9(11-5-7)12-6-8(2)10/h3-5H,2,6H2,1H3. The highest BCUT2D eigenvalue weighted by Gasteiger charge is 1.95. The zero-order valence-corrected chi connectivity index (χ0v) is 8.45. The maximum Gasteiger partial charge on any atom is 0.0963 e. The molecule has 0 saturated heterocycles. The maximum absolute atomic E-state index is 5.62. The van der Waals surface area contributed by atoms with Crippen molar-refractivity contribution in [2.75, 3.05) is 5.75 Å². The van der Waals surface area contributed by atoms with Crippen LogP contribution in [0.25, 0.3) is 0 Å². The molecule has 0 saturated carbocycles. The Labute approximate surface area is 81.8 Å². The van der Waals surface area contributed by atoms with Gasteiger partial charge in [0.1, 0.15) is 0 Å². The molecule has 0 amide bonds. The Kier molecular flexibility index (Phi) is 3.63. The van der Waals surface area contributed by atoms with Gasteiger partial charge in [-0.2, -0.15) is 0 Å².